The number of nitriles is 1. The molecule has 35 heavy (non-hydrogen) atoms. The van der Waals surface area contributed by atoms with Gasteiger partial charge in [0.2, 0.25) is 10.0 Å². The third-order valence-electron chi connectivity index (χ3n) is 5.54. The van der Waals surface area contributed by atoms with Crippen molar-refractivity contribution in [3.05, 3.63) is 83.9 Å². The molecule has 3 aromatic rings. The first-order valence-electron chi connectivity index (χ1n) is 11.1. The number of benzene rings is 3. The molecule has 3 aromatic carbocycles. The average Bonchev–Trinajstić information content (AvgIpc) is 2.87. The zero-order chi connectivity index (χ0) is 25.4. The molecule has 3 rings (SSSR count). The molecule has 0 aliphatic rings. The van der Waals surface area contributed by atoms with Crippen molar-refractivity contribution < 1.29 is 22.7 Å². The van der Waals surface area contributed by atoms with E-state index in [-0.39, 0.29) is 10.8 Å². The summed E-state index contributed by atoms with van der Waals surface area (Å²) in [4.78, 5) is 12.0. The van der Waals surface area contributed by atoms with Gasteiger partial charge >= 0.3 is 5.97 Å². The van der Waals surface area contributed by atoms with Crippen LogP contribution in [0.2, 0.25) is 0 Å². The fourth-order valence-electron chi connectivity index (χ4n) is 3.51. The number of methoxy groups -OCH3 is 1. The Labute approximate surface area is 206 Å². The van der Waals surface area contributed by atoms with E-state index in [0.717, 1.165) is 22.3 Å². The van der Waals surface area contributed by atoms with Crippen LogP contribution in [0.15, 0.2) is 77.7 Å². The number of rotatable bonds is 10. The second kappa shape index (κ2) is 11.6. The summed E-state index contributed by atoms with van der Waals surface area (Å²) in [5, 5.41) is 8.98. The van der Waals surface area contributed by atoms with Gasteiger partial charge in [-0.15, -0.1) is 0 Å². The third-order valence-corrected chi connectivity index (χ3v) is 7.00. The van der Waals surface area contributed by atoms with Crippen molar-refractivity contribution in [1.82, 2.24) is 4.72 Å². The van der Waals surface area contributed by atoms with Crippen LogP contribution in [0.25, 0.3) is 11.1 Å². The summed E-state index contributed by atoms with van der Waals surface area (Å²) >= 11 is 0. The Hall–Kier alpha value is -3.67. The zero-order valence-electron chi connectivity index (χ0n) is 19.9. The summed E-state index contributed by atoms with van der Waals surface area (Å²) < 4.78 is 38.5. The molecule has 182 valence electrons. The molecule has 1 N–H and O–H groups in total. The lowest BCUT2D eigenvalue weighted by molar-refractivity contribution is -0.143. The number of nitrogens with zero attached hydrogens (tertiary/aromatic N) is 1. The van der Waals surface area contributed by atoms with E-state index in [1.165, 1.54) is 19.2 Å². The Bertz CT molecular complexity index is 1290. The van der Waals surface area contributed by atoms with Crippen LogP contribution >= 0.6 is 0 Å². The molecule has 0 aliphatic carbocycles. The maximum atomic E-state index is 12.8. The number of hydrogen-bond acceptors (Lipinski definition) is 6. The molecule has 0 radical (unpaired) electrons. The summed E-state index contributed by atoms with van der Waals surface area (Å²) in [5.74, 6) is -0.209. The van der Waals surface area contributed by atoms with Gasteiger partial charge < -0.3 is 9.47 Å². The molecule has 0 aliphatic heterocycles. The molecule has 0 fully saturated rings. The van der Waals surface area contributed by atoms with Gasteiger partial charge in [-0.1, -0.05) is 62.4 Å². The van der Waals surface area contributed by atoms with Crippen LogP contribution in [0.1, 0.15) is 25.0 Å². The van der Waals surface area contributed by atoms with E-state index < -0.39 is 22.0 Å². The van der Waals surface area contributed by atoms with Gasteiger partial charge in [-0.2, -0.15) is 9.98 Å². The topological polar surface area (TPSA) is 105 Å². The van der Waals surface area contributed by atoms with Crippen molar-refractivity contribution in [2.75, 3.05) is 7.11 Å². The number of carbonyl (C=O) groups excluding carboxylic acids is 1. The van der Waals surface area contributed by atoms with Crippen molar-refractivity contribution in [2.45, 2.75) is 37.8 Å². The molecule has 0 saturated carbocycles. The van der Waals surface area contributed by atoms with E-state index in [1.807, 2.05) is 48.5 Å². The highest BCUT2D eigenvalue weighted by Gasteiger charge is 2.29. The SMILES string of the molecule is COC(=O)C(NS(=O)(=O)c1ccc(-c2ccc(OCc3ccccc3CC#N)cc2)cc1)C(C)C. The predicted molar refractivity (Wildman–Crippen MR) is 133 cm³/mol. The zero-order valence-corrected chi connectivity index (χ0v) is 20.7. The second-order valence-electron chi connectivity index (χ2n) is 8.31. The van der Waals surface area contributed by atoms with Gasteiger partial charge in [0, 0.05) is 0 Å². The molecular weight excluding hydrogens is 464 g/mol. The van der Waals surface area contributed by atoms with E-state index in [1.54, 1.807) is 26.0 Å². The number of hydrogen-bond donors (Lipinski definition) is 1. The lowest BCUT2D eigenvalue weighted by Gasteiger charge is -2.19. The predicted octanol–water partition coefficient (Wildman–Crippen LogP) is 4.47. The van der Waals surface area contributed by atoms with Crippen molar-refractivity contribution in [3.8, 4) is 22.9 Å². The molecule has 8 heteroatoms. The molecule has 0 bridgehead atoms. The Morgan fingerprint density at radius 1 is 0.943 bits per heavy atom. The smallest absolute Gasteiger partial charge is 0.324 e. The van der Waals surface area contributed by atoms with E-state index in [2.05, 4.69) is 10.8 Å². The minimum absolute atomic E-state index is 0.0618. The molecule has 0 saturated heterocycles. The number of sulfonamides is 1. The second-order valence-corrected chi connectivity index (χ2v) is 10.0. The van der Waals surface area contributed by atoms with Crippen LogP contribution in [-0.2, 0) is 32.6 Å². The van der Waals surface area contributed by atoms with Crippen molar-refractivity contribution >= 4 is 16.0 Å². The molecule has 0 spiro atoms. The van der Waals surface area contributed by atoms with Crippen LogP contribution < -0.4 is 9.46 Å². The highest BCUT2D eigenvalue weighted by atomic mass is 32.2. The van der Waals surface area contributed by atoms with Crippen LogP contribution in [0.5, 0.6) is 5.75 Å². The maximum Gasteiger partial charge on any atom is 0.324 e. The minimum Gasteiger partial charge on any atom is -0.489 e. The van der Waals surface area contributed by atoms with Gasteiger partial charge in [0.15, 0.2) is 0 Å². The molecule has 0 amide bonds. The van der Waals surface area contributed by atoms with E-state index in [9.17, 15) is 13.2 Å². The first-order valence-corrected chi connectivity index (χ1v) is 12.6. The summed E-state index contributed by atoms with van der Waals surface area (Å²) in [5.41, 5.74) is 3.65. The van der Waals surface area contributed by atoms with Crippen LogP contribution in [0.4, 0.5) is 0 Å². The van der Waals surface area contributed by atoms with E-state index >= 15 is 0 Å². The van der Waals surface area contributed by atoms with Crippen molar-refractivity contribution in [1.29, 1.82) is 5.26 Å². The molecule has 0 heterocycles. The summed E-state index contributed by atoms with van der Waals surface area (Å²) in [6.07, 6.45) is 0.334. The highest BCUT2D eigenvalue weighted by Crippen LogP contribution is 2.25. The number of carbonyl (C=O) groups is 1. The minimum atomic E-state index is -3.90. The quantitative estimate of drug-likeness (QED) is 0.419. The third kappa shape index (κ3) is 6.69. The molecule has 0 aromatic heterocycles. The molecular formula is C27H28N2O5S. The highest BCUT2D eigenvalue weighted by molar-refractivity contribution is 7.89. The van der Waals surface area contributed by atoms with Gasteiger partial charge in [0.25, 0.3) is 0 Å². The molecule has 1 atom stereocenters. The Morgan fingerprint density at radius 3 is 2.06 bits per heavy atom. The van der Waals surface area contributed by atoms with Gasteiger partial charge in [-0.05, 0) is 52.4 Å². The Kier molecular flexibility index (Phi) is 8.63. The first-order chi connectivity index (χ1) is 16.7. The monoisotopic (exact) mass is 492 g/mol. The summed E-state index contributed by atoms with van der Waals surface area (Å²) in [6, 6.07) is 22.8. The lowest BCUT2D eigenvalue weighted by atomic mass is 10.1. The van der Waals surface area contributed by atoms with Crippen molar-refractivity contribution in [2.24, 2.45) is 5.92 Å². The first kappa shape index (κ1) is 25.9. The van der Waals surface area contributed by atoms with Gasteiger partial charge in [-0.3, -0.25) is 4.79 Å². The van der Waals surface area contributed by atoms with Crippen LogP contribution in [0.3, 0.4) is 0 Å². The number of esters is 1. The Balaban J connectivity index is 1.69. The lowest BCUT2D eigenvalue weighted by Crippen LogP contribution is -2.44. The van der Waals surface area contributed by atoms with Crippen LogP contribution in [-0.4, -0.2) is 27.5 Å². The van der Waals surface area contributed by atoms with Gasteiger partial charge in [-0.25, -0.2) is 8.42 Å². The van der Waals surface area contributed by atoms with Crippen LogP contribution in [0, 0.1) is 17.2 Å². The number of ether oxygens (including phenoxy) is 2. The molecule has 1 unspecified atom stereocenters. The summed E-state index contributed by atoms with van der Waals surface area (Å²) in [6.45, 7) is 3.84. The standard InChI is InChI=1S/C27H28N2O5S/c1-19(2)26(27(30)33-3)29-35(31,32)25-14-10-22(11-15-25)21-8-12-24(13-9-21)34-18-23-7-5-4-6-20(23)16-17-28/h4-15,19,26,29H,16,18H2,1-3H3. The van der Waals surface area contributed by atoms with Gasteiger partial charge in [0.1, 0.15) is 18.4 Å². The Morgan fingerprint density at radius 2 is 1.51 bits per heavy atom. The van der Waals surface area contributed by atoms with E-state index in [0.29, 0.717) is 18.8 Å². The largest absolute Gasteiger partial charge is 0.489 e. The number of nitrogens with one attached hydrogen (secondary N) is 1. The van der Waals surface area contributed by atoms with Crippen molar-refractivity contribution in [3.63, 3.8) is 0 Å². The maximum absolute atomic E-state index is 12.8. The van der Waals surface area contributed by atoms with Gasteiger partial charge in [0.05, 0.1) is 24.5 Å². The fraction of sp³-hybridized carbons (Fsp3) is 0.259. The summed E-state index contributed by atoms with van der Waals surface area (Å²) in [7, 11) is -2.67. The van der Waals surface area contributed by atoms with E-state index in [4.69, 9.17) is 14.7 Å². The average molecular weight is 493 g/mol. The molecule has 7 nitrogen and oxygen atoms in total. The fourth-order valence-corrected chi connectivity index (χ4v) is 4.84. The normalized spacial score (nSPS) is 12.1.